The van der Waals surface area contributed by atoms with E-state index in [1.165, 1.54) is 41.0 Å². The summed E-state index contributed by atoms with van der Waals surface area (Å²) in [6.07, 6.45) is 5.09. The monoisotopic (exact) mass is 483 g/mol. The summed E-state index contributed by atoms with van der Waals surface area (Å²) >= 11 is 2.55. The SMILES string of the molecule is C=CCn1c(SCC(=O)Nc2cccc(C(C)=O)c2)nc2nc(N3CCCCC3)sc2c1=O. The zero-order valence-electron chi connectivity index (χ0n) is 18.4. The van der Waals surface area contributed by atoms with Crippen molar-refractivity contribution in [2.45, 2.75) is 37.9 Å². The van der Waals surface area contributed by atoms with Crippen LogP contribution in [0.2, 0.25) is 0 Å². The highest BCUT2D eigenvalue weighted by atomic mass is 32.2. The van der Waals surface area contributed by atoms with Crippen LogP contribution in [0.1, 0.15) is 36.5 Å². The molecular formula is C23H25N5O3S2. The summed E-state index contributed by atoms with van der Waals surface area (Å²) in [5.41, 5.74) is 1.33. The first kappa shape index (κ1) is 23.2. The molecule has 1 aliphatic heterocycles. The molecular weight excluding hydrogens is 458 g/mol. The van der Waals surface area contributed by atoms with Gasteiger partial charge in [-0.25, -0.2) is 4.98 Å². The molecule has 0 aliphatic carbocycles. The standard InChI is InChI=1S/C23H25N5O3S2/c1-3-10-28-21(31)19-20(25-22(33-19)27-11-5-4-6-12-27)26-23(28)32-14-18(30)24-17-9-7-8-16(13-17)15(2)29/h3,7-9,13H,1,4-6,10-12,14H2,2H3,(H,24,30). The summed E-state index contributed by atoms with van der Waals surface area (Å²) < 4.78 is 2.05. The number of anilines is 2. The van der Waals surface area contributed by atoms with Crippen molar-refractivity contribution < 1.29 is 9.59 Å². The van der Waals surface area contributed by atoms with Crippen LogP contribution < -0.4 is 15.8 Å². The van der Waals surface area contributed by atoms with Gasteiger partial charge < -0.3 is 10.2 Å². The van der Waals surface area contributed by atoms with Gasteiger partial charge in [-0.3, -0.25) is 19.0 Å². The number of benzene rings is 1. The Morgan fingerprint density at radius 3 is 2.76 bits per heavy atom. The van der Waals surface area contributed by atoms with Gasteiger partial charge in [0.2, 0.25) is 5.91 Å². The lowest BCUT2D eigenvalue weighted by atomic mass is 10.1. The Balaban J connectivity index is 1.54. The van der Waals surface area contributed by atoms with Crippen LogP contribution in [0.5, 0.6) is 0 Å². The lowest BCUT2D eigenvalue weighted by Gasteiger charge is -2.25. The number of carbonyl (C=O) groups is 2. The number of amides is 1. The third-order valence-electron chi connectivity index (χ3n) is 5.29. The van der Waals surface area contributed by atoms with Crippen molar-refractivity contribution >= 4 is 56.0 Å². The van der Waals surface area contributed by atoms with Gasteiger partial charge in [0, 0.05) is 30.9 Å². The number of piperidine rings is 1. The van der Waals surface area contributed by atoms with Gasteiger partial charge in [0.05, 0.1) is 5.75 Å². The van der Waals surface area contributed by atoms with E-state index in [2.05, 4.69) is 26.8 Å². The van der Waals surface area contributed by atoms with E-state index in [-0.39, 0.29) is 23.0 Å². The van der Waals surface area contributed by atoms with Crippen LogP contribution in [0.15, 0.2) is 46.9 Å². The van der Waals surface area contributed by atoms with E-state index < -0.39 is 0 Å². The molecule has 4 rings (SSSR count). The molecule has 2 aromatic heterocycles. The highest BCUT2D eigenvalue weighted by Crippen LogP contribution is 2.29. The van der Waals surface area contributed by atoms with Crippen LogP contribution in [0, 0.1) is 0 Å². The maximum absolute atomic E-state index is 13.2. The van der Waals surface area contributed by atoms with Gasteiger partial charge in [0.15, 0.2) is 21.7 Å². The fourth-order valence-electron chi connectivity index (χ4n) is 3.64. The fourth-order valence-corrected chi connectivity index (χ4v) is 5.44. The molecule has 0 atom stereocenters. The maximum atomic E-state index is 13.2. The van der Waals surface area contributed by atoms with Crippen molar-refractivity contribution in [3.05, 3.63) is 52.8 Å². The number of carbonyl (C=O) groups excluding carboxylic acids is 2. The van der Waals surface area contributed by atoms with Gasteiger partial charge in [0.25, 0.3) is 5.56 Å². The second-order valence-corrected chi connectivity index (χ2v) is 9.69. The van der Waals surface area contributed by atoms with Gasteiger partial charge in [-0.1, -0.05) is 41.3 Å². The van der Waals surface area contributed by atoms with Gasteiger partial charge in [-0.15, -0.1) is 6.58 Å². The Hall–Kier alpha value is -2.98. The minimum atomic E-state index is -0.257. The molecule has 10 heteroatoms. The highest BCUT2D eigenvalue weighted by Gasteiger charge is 2.20. The van der Waals surface area contributed by atoms with Crippen LogP contribution in [-0.2, 0) is 11.3 Å². The minimum absolute atomic E-state index is 0.0580. The molecule has 0 radical (unpaired) electrons. The summed E-state index contributed by atoms with van der Waals surface area (Å²) in [5, 5.41) is 4.04. The predicted molar refractivity (Wildman–Crippen MR) is 134 cm³/mol. The summed E-state index contributed by atoms with van der Waals surface area (Å²) in [7, 11) is 0. The van der Waals surface area contributed by atoms with Crippen molar-refractivity contribution in [3.63, 3.8) is 0 Å². The average Bonchev–Trinajstić information content (AvgIpc) is 3.25. The van der Waals surface area contributed by atoms with Crippen molar-refractivity contribution in [1.82, 2.24) is 14.5 Å². The van der Waals surface area contributed by atoms with E-state index in [1.54, 1.807) is 30.3 Å². The third-order valence-corrected chi connectivity index (χ3v) is 7.36. The first-order valence-electron chi connectivity index (χ1n) is 10.8. The van der Waals surface area contributed by atoms with Crippen LogP contribution in [0.25, 0.3) is 10.3 Å². The molecule has 1 aromatic carbocycles. The van der Waals surface area contributed by atoms with E-state index >= 15 is 0 Å². The molecule has 33 heavy (non-hydrogen) atoms. The molecule has 1 N–H and O–H groups in total. The van der Waals surface area contributed by atoms with Crippen molar-refractivity contribution in [3.8, 4) is 0 Å². The quantitative estimate of drug-likeness (QED) is 0.224. The maximum Gasteiger partial charge on any atom is 0.274 e. The first-order valence-corrected chi connectivity index (χ1v) is 12.6. The Morgan fingerprint density at radius 1 is 1.24 bits per heavy atom. The Morgan fingerprint density at radius 2 is 2.03 bits per heavy atom. The van der Waals surface area contributed by atoms with Crippen LogP contribution >= 0.6 is 23.1 Å². The molecule has 8 nitrogen and oxygen atoms in total. The molecule has 1 fully saturated rings. The molecule has 3 aromatic rings. The molecule has 0 unspecified atom stereocenters. The smallest absolute Gasteiger partial charge is 0.274 e. The number of nitrogens with zero attached hydrogens (tertiary/aromatic N) is 4. The number of hydrogen-bond acceptors (Lipinski definition) is 8. The second kappa shape index (κ2) is 10.3. The molecule has 3 heterocycles. The Bertz CT molecular complexity index is 1260. The van der Waals surface area contributed by atoms with E-state index in [0.717, 1.165) is 31.1 Å². The van der Waals surface area contributed by atoms with Crippen LogP contribution in [0.4, 0.5) is 10.8 Å². The third kappa shape index (κ3) is 5.33. The predicted octanol–water partition coefficient (Wildman–Crippen LogP) is 3.96. The van der Waals surface area contributed by atoms with Crippen LogP contribution in [-0.4, -0.2) is 45.1 Å². The Labute approximate surface area is 199 Å². The van der Waals surface area contributed by atoms with Gasteiger partial charge in [0.1, 0.15) is 4.70 Å². The van der Waals surface area contributed by atoms with Gasteiger partial charge in [-0.2, -0.15) is 4.98 Å². The molecule has 1 amide bonds. The Kier molecular flexibility index (Phi) is 7.24. The molecule has 0 bridgehead atoms. The van der Waals surface area contributed by atoms with Crippen LogP contribution in [0.3, 0.4) is 0 Å². The number of nitrogens with one attached hydrogen (secondary N) is 1. The summed E-state index contributed by atoms with van der Waals surface area (Å²) in [6, 6.07) is 6.79. The van der Waals surface area contributed by atoms with Gasteiger partial charge in [-0.05, 0) is 38.3 Å². The van der Waals surface area contributed by atoms with Gasteiger partial charge >= 0.3 is 0 Å². The summed E-state index contributed by atoms with van der Waals surface area (Å²) in [6.45, 7) is 7.40. The summed E-state index contributed by atoms with van der Waals surface area (Å²) in [4.78, 5) is 48.7. The van der Waals surface area contributed by atoms with Crippen molar-refractivity contribution in [2.75, 3.05) is 29.1 Å². The number of thiazole rings is 1. The normalized spacial score (nSPS) is 13.8. The molecule has 1 saturated heterocycles. The zero-order chi connectivity index (χ0) is 23.4. The average molecular weight is 484 g/mol. The van der Waals surface area contributed by atoms with E-state index in [9.17, 15) is 14.4 Å². The van der Waals surface area contributed by atoms with E-state index in [4.69, 9.17) is 0 Å². The van der Waals surface area contributed by atoms with E-state index in [1.807, 2.05) is 0 Å². The lowest BCUT2D eigenvalue weighted by Crippen LogP contribution is -2.29. The lowest BCUT2D eigenvalue weighted by molar-refractivity contribution is -0.113. The summed E-state index contributed by atoms with van der Waals surface area (Å²) in [5.74, 6) is -0.270. The number of fused-ring (bicyclic) bond motifs is 1. The number of thioether (sulfide) groups is 1. The number of allylic oxidation sites excluding steroid dienone is 1. The first-order chi connectivity index (χ1) is 16.0. The van der Waals surface area contributed by atoms with Crippen molar-refractivity contribution in [1.29, 1.82) is 0 Å². The number of aromatic nitrogens is 3. The second-order valence-electron chi connectivity index (χ2n) is 7.77. The molecule has 1 aliphatic rings. The van der Waals surface area contributed by atoms with Crippen molar-refractivity contribution in [2.24, 2.45) is 0 Å². The minimum Gasteiger partial charge on any atom is -0.348 e. The molecule has 172 valence electrons. The molecule has 0 spiro atoms. The topological polar surface area (TPSA) is 97.2 Å². The number of Topliss-reactive ketones (excluding diaryl/α,β-unsaturated/α-hetero) is 1. The van der Waals surface area contributed by atoms with E-state index in [0.29, 0.717) is 33.3 Å². The highest BCUT2D eigenvalue weighted by molar-refractivity contribution is 7.99. The largest absolute Gasteiger partial charge is 0.348 e. The fraction of sp³-hybridized carbons (Fsp3) is 0.348. The number of rotatable bonds is 8. The zero-order valence-corrected chi connectivity index (χ0v) is 20.0. The number of ketones is 1. The molecule has 0 saturated carbocycles. The number of hydrogen-bond donors (Lipinski definition) is 1.